The highest BCUT2D eigenvalue weighted by atomic mass is 16.5. The lowest BCUT2D eigenvalue weighted by Gasteiger charge is -2.04. The summed E-state index contributed by atoms with van der Waals surface area (Å²) in [4.78, 5) is 7.63. The molecule has 2 aromatic heterocycles. The van der Waals surface area contributed by atoms with E-state index in [0.29, 0.717) is 0 Å². The number of para-hydroxylation sites is 1. The van der Waals surface area contributed by atoms with Gasteiger partial charge in [0.1, 0.15) is 11.5 Å². The van der Waals surface area contributed by atoms with Gasteiger partial charge < -0.3 is 14.8 Å². The second-order valence-electron chi connectivity index (χ2n) is 4.20. The molecule has 0 aliphatic rings. The first-order valence-electron chi connectivity index (χ1n) is 5.91. The van der Waals surface area contributed by atoms with Gasteiger partial charge in [-0.1, -0.05) is 19.1 Å². The molecule has 0 saturated heterocycles. The van der Waals surface area contributed by atoms with Crippen LogP contribution in [-0.2, 0) is 6.42 Å². The zero-order valence-corrected chi connectivity index (χ0v) is 10.3. The first kappa shape index (κ1) is 10.9. The summed E-state index contributed by atoms with van der Waals surface area (Å²) < 4.78 is 5.37. The van der Waals surface area contributed by atoms with Crippen molar-refractivity contribution in [3.63, 3.8) is 0 Å². The van der Waals surface area contributed by atoms with Crippen LogP contribution < -0.4 is 4.74 Å². The third-order valence-electron chi connectivity index (χ3n) is 3.24. The smallest absolute Gasteiger partial charge is 0.147 e. The van der Waals surface area contributed by atoms with Gasteiger partial charge in [0.2, 0.25) is 0 Å². The molecule has 0 unspecified atom stereocenters. The quantitative estimate of drug-likeness (QED) is 0.726. The Balaban J connectivity index is 2.55. The van der Waals surface area contributed by atoms with Crippen molar-refractivity contribution >= 4 is 21.8 Å². The molecule has 2 heterocycles. The van der Waals surface area contributed by atoms with Crippen LogP contribution in [0.4, 0.5) is 0 Å². The molecular weight excluding hydrogens is 228 g/mol. The van der Waals surface area contributed by atoms with E-state index in [0.717, 1.165) is 39.7 Å². The van der Waals surface area contributed by atoms with E-state index in [1.54, 1.807) is 19.4 Å². The van der Waals surface area contributed by atoms with E-state index in [1.165, 1.54) is 0 Å². The molecule has 0 radical (unpaired) electrons. The number of ether oxygens (including phenoxy) is 1. The number of aromatic hydroxyl groups is 1. The second-order valence-corrected chi connectivity index (χ2v) is 4.20. The van der Waals surface area contributed by atoms with Crippen LogP contribution >= 0.6 is 0 Å². The second kappa shape index (κ2) is 3.91. The number of H-pyrrole nitrogens is 1. The fraction of sp³-hybridized carbons (Fsp3) is 0.214. The third kappa shape index (κ3) is 1.35. The average Bonchev–Trinajstić information content (AvgIpc) is 2.79. The number of nitrogens with one attached hydrogen (secondary N) is 1. The highest BCUT2D eigenvalue weighted by Gasteiger charge is 2.14. The van der Waals surface area contributed by atoms with Crippen LogP contribution in [-0.4, -0.2) is 22.2 Å². The molecule has 0 saturated carbocycles. The highest BCUT2D eigenvalue weighted by Crippen LogP contribution is 2.37. The number of pyridine rings is 1. The number of aromatic nitrogens is 2. The number of hydrogen-bond acceptors (Lipinski definition) is 3. The number of rotatable bonds is 2. The first-order valence-corrected chi connectivity index (χ1v) is 5.91. The van der Waals surface area contributed by atoms with Gasteiger partial charge in [0.05, 0.1) is 35.4 Å². The lowest BCUT2D eigenvalue weighted by atomic mass is 10.1. The minimum absolute atomic E-state index is 0.243. The summed E-state index contributed by atoms with van der Waals surface area (Å²) in [5, 5.41) is 11.8. The topological polar surface area (TPSA) is 58.1 Å². The van der Waals surface area contributed by atoms with Crippen LogP contribution in [0.2, 0.25) is 0 Å². The Bertz CT molecular complexity index is 731. The first-order chi connectivity index (χ1) is 8.76. The van der Waals surface area contributed by atoms with Gasteiger partial charge in [-0.2, -0.15) is 0 Å². The minimum atomic E-state index is 0.243. The molecule has 3 rings (SSSR count). The standard InChI is InChI=1S/C14H14N2O2/c1-3-9-14-12(11(18-2)7-15-9)8-5-4-6-10(17)13(8)16-14/h4-7,16-17H,3H2,1-2H3. The number of phenolic OH excluding ortho intramolecular Hbond substituents is 1. The van der Waals surface area contributed by atoms with E-state index in [1.807, 2.05) is 12.1 Å². The number of fused-ring (bicyclic) bond motifs is 3. The number of aryl methyl sites for hydroxylation is 1. The molecule has 18 heavy (non-hydrogen) atoms. The fourth-order valence-corrected chi connectivity index (χ4v) is 2.36. The number of aromatic amines is 1. The molecule has 0 aliphatic heterocycles. The maximum Gasteiger partial charge on any atom is 0.147 e. The Kier molecular flexibility index (Phi) is 2.37. The van der Waals surface area contributed by atoms with E-state index in [2.05, 4.69) is 16.9 Å². The maximum atomic E-state index is 9.91. The summed E-state index contributed by atoms with van der Waals surface area (Å²) in [6.45, 7) is 2.06. The minimum Gasteiger partial charge on any atom is -0.506 e. The van der Waals surface area contributed by atoms with Crippen molar-refractivity contribution in [2.45, 2.75) is 13.3 Å². The van der Waals surface area contributed by atoms with Gasteiger partial charge in [0.15, 0.2) is 0 Å². The summed E-state index contributed by atoms with van der Waals surface area (Å²) >= 11 is 0. The zero-order valence-electron chi connectivity index (χ0n) is 10.3. The Morgan fingerprint density at radius 2 is 2.17 bits per heavy atom. The molecule has 0 amide bonds. The Hall–Kier alpha value is -2.23. The summed E-state index contributed by atoms with van der Waals surface area (Å²) in [5.41, 5.74) is 2.64. The van der Waals surface area contributed by atoms with Gasteiger partial charge in [0.25, 0.3) is 0 Å². The average molecular weight is 242 g/mol. The van der Waals surface area contributed by atoms with Crippen molar-refractivity contribution in [1.29, 1.82) is 0 Å². The number of hydrogen-bond donors (Lipinski definition) is 2. The third-order valence-corrected chi connectivity index (χ3v) is 3.24. The molecule has 4 nitrogen and oxygen atoms in total. The predicted molar refractivity (Wildman–Crippen MR) is 71.2 cm³/mol. The van der Waals surface area contributed by atoms with Crippen molar-refractivity contribution in [2.24, 2.45) is 0 Å². The summed E-state index contributed by atoms with van der Waals surface area (Å²) in [5.74, 6) is 0.965. The van der Waals surface area contributed by atoms with Crippen LogP contribution in [0, 0.1) is 0 Å². The van der Waals surface area contributed by atoms with E-state index in [-0.39, 0.29) is 5.75 Å². The van der Waals surface area contributed by atoms with Crippen molar-refractivity contribution in [1.82, 2.24) is 9.97 Å². The largest absolute Gasteiger partial charge is 0.506 e. The number of nitrogens with zero attached hydrogens (tertiary/aromatic N) is 1. The lowest BCUT2D eigenvalue weighted by Crippen LogP contribution is -1.92. The van der Waals surface area contributed by atoms with Crippen molar-refractivity contribution in [2.75, 3.05) is 7.11 Å². The van der Waals surface area contributed by atoms with Gasteiger partial charge in [-0.3, -0.25) is 4.98 Å². The van der Waals surface area contributed by atoms with Gasteiger partial charge in [-0.15, -0.1) is 0 Å². The molecule has 0 aliphatic carbocycles. The van der Waals surface area contributed by atoms with Crippen LogP contribution in [0.15, 0.2) is 24.4 Å². The SMILES string of the molecule is CCc1ncc(OC)c2c1[nH]c1c(O)cccc12. The van der Waals surface area contributed by atoms with Gasteiger partial charge >= 0.3 is 0 Å². The molecule has 0 fully saturated rings. The van der Waals surface area contributed by atoms with Crippen LogP contribution in [0.1, 0.15) is 12.6 Å². The van der Waals surface area contributed by atoms with E-state index >= 15 is 0 Å². The summed E-state index contributed by atoms with van der Waals surface area (Å²) in [6, 6.07) is 5.47. The Morgan fingerprint density at radius 1 is 1.33 bits per heavy atom. The van der Waals surface area contributed by atoms with Gasteiger partial charge in [0, 0.05) is 5.39 Å². The zero-order chi connectivity index (χ0) is 12.7. The molecular formula is C14H14N2O2. The number of methoxy groups -OCH3 is 1. The monoisotopic (exact) mass is 242 g/mol. The molecule has 4 heteroatoms. The Labute approximate surface area is 104 Å². The van der Waals surface area contributed by atoms with E-state index in [9.17, 15) is 5.11 Å². The van der Waals surface area contributed by atoms with Crippen LogP contribution in [0.25, 0.3) is 21.8 Å². The van der Waals surface area contributed by atoms with E-state index < -0.39 is 0 Å². The van der Waals surface area contributed by atoms with Crippen LogP contribution in [0.3, 0.4) is 0 Å². The number of phenols is 1. The molecule has 3 aromatic rings. The fourth-order valence-electron chi connectivity index (χ4n) is 2.36. The predicted octanol–water partition coefficient (Wildman–Crippen LogP) is 2.99. The summed E-state index contributed by atoms with van der Waals surface area (Å²) in [7, 11) is 1.63. The highest BCUT2D eigenvalue weighted by molar-refractivity contribution is 6.12. The number of benzene rings is 1. The van der Waals surface area contributed by atoms with Crippen molar-refractivity contribution in [3.8, 4) is 11.5 Å². The van der Waals surface area contributed by atoms with Gasteiger partial charge in [-0.05, 0) is 12.5 Å². The normalized spacial score (nSPS) is 11.2. The molecule has 2 N–H and O–H groups in total. The molecule has 0 atom stereocenters. The van der Waals surface area contributed by atoms with Gasteiger partial charge in [-0.25, -0.2) is 0 Å². The molecule has 0 bridgehead atoms. The molecule has 92 valence electrons. The van der Waals surface area contributed by atoms with Crippen molar-refractivity contribution in [3.05, 3.63) is 30.1 Å². The van der Waals surface area contributed by atoms with Crippen LogP contribution in [0.5, 0.6) is 11.5 Å². The molecule has 0 spiro atoms. The summed E-state index contributed by atoms with van der Waals surface area (Å²) in [6.07, 6.45) is 2.56. The lowest BCUT2D eigenvalue weighted by molar-refractivity contribution is 0.418. The molecule has 1 aromatic carbocycles. The maximum absolute atomic E-state index is 9.91. The van der Waals surface area contributed by atoms with Crippen molar-refractivity contribution < 1.29 is 9.84 Å². The Morgan fingerprint density at radius 3 is 2.89 bits per heavy atom. The van der Waals surface area contributed by atoms with E-state index in [4.69, 9.17) is 4.74 Å².